The molecular formula is C35H38O18. The minimum atomic E-state index is -1.84. The third-order valence-corrected chi connectivity index (χ3v) is 7.23. The van der Waals surface area contributed by atoms with E-state index in [1.165, 1.54) is 18.2 Å². The van der Waals surface area contributed by atoms with E-state index in [4.69, 9.17) is 37.9 Å². The van der Waals surface area contributed by atoms with Crippen LogP contribution in [0.2, 0.25) is 0 Å². The molecule has 0 aromatic heterocycles. The molecule has 0 amide bonds. The summed E-state index contributed by atoms with van der Waals surface area (Å²) in [6, 6.07) is 4.77. The van der Waals surface area contributed by atoms with E-state index in [9.17, 15) is 48.6 Å². The third kappa shape index (κ3) is 11.2. The Bertz CT molecular complexity index is 1800. The van der Waals surface area contributed by atoms with Crippen LogP contribution in [0.3, 0.4) is 0 Å². The first-order valence-corrected chi connectivity index (χ1v) is 15.9. The highest BCUT2D eigenvalue weighted by Gasteiger charge is 2.54. The van der Waals surface area contributed by atoms with Gasteiger partial charge in [0, 0.05) is 61.0 Å². The number of aryl methyl sites for hydroxylation is 1. The van der Waals surface area contributed by atoms with Crippen molar-refractivity contribution in [2.75, 3.05) is 6.61 Å². The first-order chi connectivity index (χ1) is 24.8. The number of carbonyl (C=O) groups excluding carboxylic acids is 8. The average Bonchev–Trinajstić information content (AvgIpc) is 3.01. The summed E-state index contributed by atoms with van der Waals surface area (Å²) >= 11 is 0. The molecule has 18 heteroatoms. The van der Waals surface area contributed by atoms with Gasteiger partial charge in [-0.25, -0.2) is 0 Å². The fourth-order valence-electron chi connectivity index (χ4n) is 5.45. The first-order valence-electron chi connectivity index (χ1n) is 15.9. The van der Waals surface area contributed by atoms with Crippen LogP contribution in [-0.2, 0) is 63.7 Å². The molecule has 1 fully saturated rings. The molecular weight excluding hydrogens is 708 g/mol. The number of hydrogen-bond acceptors (Lipinski definition) is 18. The van der Waals surface area contributed by atoms with E-state index in [1.54, 1.807) is 0 Å². The highest BCUT2D eigenvalue weighted by Crippen LogP contribution is 2.49. The van der Waals surface area contributed by atoms with Crippen molar-refractivity contribution in [2.24, 2.45) is 0 Å². The molecule has 0 spiro atoms. The molecule has 2 aromatic carbocycles. The Kier molecular flexibility index (Phi) is 14.0. The number of ether oxygens (including phenoxy) is 8. The van der Waals surface area contributed by atoms with Gasteiger partial charge in [-0.2, -0.15) is 0 Å². The lowest BCUT2D eigenvalue weighted by Gasteiger charge is -2.45. The highest BCUT2D eigenvalue weighted by molar-refractivity contribution is 6.03. The molecule has 1 aliphatic rings. The van der Waals surface area contributed by atoms with Gasteiger partial charge in [0.25, 0.3) is 0 Å². The maximum Gasteiger partial charge on any atom is 0.308 e. The van der Waals surface area contributed by atoms with Crippen LogP contribution in [0.25, 0.3) is 0 Å². The summed E-state index contributed by atoms with van der Waals surface area (Å²) in [5.74, 6) is -10.2. The molecule has 2 aromatic rings. The van der Waals surface area contributed by atoms with Crippen LogP contribution in [0, 0.1) is 0 Å². The quantitative estimate of drug-likeness (QED) is 0.0982. The van der Waals surface area contributed by atoms with Gasteiger partial charge in [-0.3, -0.25) is 38.4 Å². The predicted molar refractivity (Wildman–Crippen MR) is 174 cm³/mol. The number of esters is 7. The highest BCUT2D eigenvalue weighted by atomic mass is 16.7. The Labute approximate surface area is 302 Å². The van der Waals surface area contributed by atoms with Crippen LogP contribution in [0.4, 0.5) is 0 Å². The maximum atomic E-state index is 14.1. The van der Waals surface area contributed by atoms with Gasteiger partial charge in [0.15, 0.2) is 41.3 Å². The number of hydrogen-bond donors (Lipinski definition) is 2. The van der Waals surface area contributed by atoms with Crippen molar-refractivity contribution in [1.29, 1.82) is 0 Å². The molecule has 18 nitrogen and oxygen atoms in total. The molecule has 0 aliphatic carbocycles. The molecule has 286 valence electrons. The second-order valence-corrected chi connectivity index (χ2v) is 11.6. The number of rotatable bonds is 13. The summed E-state index contributed by atoms with van der Waals surface area (Å²) in [5.41, 5.74) is -0.653. The van der Waals surface area contributed by atoms with Crippen molar-refractivity contribution in [3.8, 4) is 28.7 Å². The lowest BCUT2D eigenvalue weighted by molar-refractivity contribution is -0.254. The van der Waals surface area contributed by atoms with Gasteiger partial charge >= 0.3 is 41.8 Å². The summed E-state index contributed by atoms with van der Waals surface area (Å²) in [6.07, 6.45) is -9.00. The van der Waals surface area contributed by atoms with Gasteiger partial charge in [-0.05, 0) is 24.1 Å². The zero-order chi connectivity index (χ0) is 39.7. The summed E-state index contributed by atoms with van der Waals surface area (Å²) in [4.78, 5) is 101. The molecule has 1 aliphatic heterocycles. The Morgan fingerprint density at radius 3 is 1.70 bits per heavy atom. The number of Topliss-reactive ketones (excluding diaryl/α,β-unsaturated/α-hetero) is 1. The molecule has 0 radical (unpaired) electrons. The molecule has 0 bridgehead atoms. The van der Waals surface area contributed by atoms with E-state index >= 15 is 0 Å². The average molecular weight is 747 g/mol. The fourth-order valence-corrected chi connectivity index (χ4v) is 5.45. The van der Waals surface area contributed by atoms with Crippen molar-refractivity contribution in [2.45, 2.75) is 91.8 Å². The Morgan fingerprint density at radius 1 is 0.623 bits per heavy atom. The van der Waals surface area contributed by atoms with Gasteiger partial charge in [0.1, 0.15) is 35.9 Å². The van der Waals surface area contributed by atoms with E-state index in [-0.39, 0.29) is 6.42 Å². The molecule has 1 saturated heterocycles. The van der Waals surface area contributed by atoms with Crippen molar-refractivity contribution >= 4 is 47.6 Å². The molecule has 1 heterocycles. The number of phenolic OH excluding ortho intramolecular Hbond substituents is 2. The van der Waals surface area contributed by atoms with Gasteiger partial charge < -0.3 is 48.1 Å². The van der Waals surface area contributed by atoms with E-state index in [0.717, 1.165) is 54.5 Å². The van der Waals surface area contributed by atoms with Crippen LogP contribution >= 0.6 is 0 Å². The lowest BCUT2D eigenvalue weighted by Crippen LogP contribution is -2.59. The number of carbonyl (C=O) groups is 8. The molecule has 5 atom stereocenters. The SMILES string of the molecule is CC(=O)OC[C@H]1O[C@@H](c2c(OC(C)=O)cc(OC(C)=O)c(C(=O)CCc3ccc(O)c(O)c3)c2OC(C)=O)[C@H](OC(C)=O)[C@@H](OC(C)=O)[C@@H]1OC(C)=O. The topological polar surface area (TPSA) is 251 Å². The van der Waals surface area contributed by atoms with Crippen LogP contribution < -0.4 is 14.2 Å². The zero-order valence-corrected chi connectivity index (χ0v) is 29.7. The lowest BCUT2D eigenvalue weighted by atomic mass is 9.87. The second kappa shape index (κ2) is 17.9. The van der Waals surface area contributed by atoms with Gasteiger partial charge in [0.2, 0.25) is 0 Å². The van der Waals surface area contributed by atoms with Crippen molar-refractivity contribution in [3.63, 3.8) is 0 Å². The summed E-state index contributed by atoms with van der Waals surface area (Å²) in [6.45, 7) is 6.34. The van der Waals surface area contributed by atoms with E-state index < -0.39 is 131 Å². The predicted octanol–water partition coefficient (Wildman–Crippen LogP) is 2.49. The van der Waals surface area contributed by atoms with Gasteiger partial charge in [-0.1, -0.05) is 6.07 Å². The van der Waals surface area contributed by atoms with Crippen LogP contribution in [0.5, 0.6) is 28.7 Å². The Morgan fingerprint density at radius 2 is 1.17 bits per heavy atom. The van der Waals surface area contributed by atoms with E-state index in [0.29, 0.717) is 5.56 Å². The summed E-state index contributed by atoms with van der Waals surface area (Å²) in [7, 11) is 0. The normalized spacial score (nSPS) is 19.2. The molecule has 0 unspecified atom stereocenters. The first kappa shape index (κ1) is 41.4. The van der Waals surface area contributed by atoms with Gasteiger partial charge in [0.05, 0.1) is 5.56 Å². The fraction of sp³-hybridized carbons (Fsp3) is 0.429. The van der Waals surface area contributed by atoms with Crippen molar-refractivity contribution in [3.05, 3.63) is 41.0 Å². The summed E-state index contributed by atoms with van der Waals surface area (Å²) in [5, 5.41) is 19.6. The monoisotopic (exact) mass is 746 g/mol. The van der Waals surface area contributed by atoms with E-state index in [1.807, 2.05) is 0 Å². The minimum absolute atomic E-state index is 0.0776. The molecule has 53 heavy (non-hydrogen) atoms. The molecule has 3 rings (SSSR count). The summed E-state index contributed by atoms with van der Waals surface area (Å²) < 4.78 is 44.2. The van der Waals surface area contributed by atoms with Crippen LogP contribution in [0.1, 0.15) is 82.5 Å². The van der Waals surface area contributed by atoms with E-state index in [2.05, 4.69) is 0 Å². The Hall–Kier alpha value is -6.04. The number of phenols is 2. The molecule has 2 N–H and O–H groups in total. The van der Waals surface area contributed by atoms with Gasteiger partial charge in [-0.15, -0.1) is 0 Å². The van der Waals surface area contributed by atoms with Crippen molar-refractivity contribution in [1.82, 2.24) is 0 Å². The zero-order valence-electron chi connectivity index (χ0n) is 29.7. The minimum Gasteiger partial charge on any atom is -0.504 e. The maximum absolute atomic E-state index is 14.1. The smallest absolute Gasteiger partial charge is 0.308 e. The van der Waals surface area contributed by atoms with Crippen LogP contribution in [-0.4, -0.2) is 88.8 Å². The number of aromatic hydroxyl groups is 2. The Balaban J connectivity index is 2.44. The second-order valence-electron chi connectivity index (χ2n) is 11.6. The standard InChI is InChI=1S/C35H38O18/c1-15(36)46-14-28-31(49-18(4)39)34(51-20(6)41)35(52-21(7)42)33(53-28)30-27(48-17(3)38)13-26(47-16(2)37)29(32(30)50-19(5)40)24(44)11-9-22-8-10-23(43)25(45)12-22/h8,10,12-13,28,31,33-35,43,45H,9,11,14H2,1-7H3/t28-,31-,33+,34+,35+/m1/s1. The largest absolute Gasteiger partial charge is 0.504 e. The third-order valence-electron chi connectivity index (χ3n) is 7.23. The molecule has 0 saturated carbocycles. The van der Waals surface area contributed by atoms with Crippen LogP contribution in [0.15, 0.2) is 24.3 Å². The van der Waals surface area contributed by atoms with Crippen molar-refractivity contribution < 1.29 is 86.5 Å². The number of ketones is 1. The number of benzene rings is 2.